The smallest absolute Gasteiger partial charge is 0.229 e. The molecule has 0 bridgehead atoms. The lowest BCUT2D eigenvalue weighted by Gasteiger charge is -2.15. The molecular formula is C13H22N2O4S. The summed E-state index contributed by atoms with van der Waals surface area (Å²) in [4.78, 5) is 0. The Bertz CT molecular complexity index is 500. The molecule has 0 aliphatic carbocycles. The molecule has 20 heavy (non-hydrogen) atoms. The van der Waals surface area contributed by atoms with Gasteiger partial charge in [-0.15, -0.1) is 0 Å². The van der Waals surface area contributed by atoms with E-state index in [1.807, 2.05) is 13.8 Å². The van der Waals surface area contributed by atoms with Crippen LogP contribution in [-0.4, -0.2) is 45.1 Å². The number of nitrogens with one attached hydrogen (secondary N) is 2. The van der Waals surface area contributed by atoms with Crippen molar-refractivity contribution in [1.82, 2.24) is 5.32 Å². The maximum absolute atomic E-state index is 11.0. The number of sulfonamides is 1. The number of ether oxygens (including phenoxy) is 1. The van der Waals surface area contributed by atoms with E-state index in [1.54, 1.807) is 24.3 Å². The Labute approximate surface area is 120 Å². The van der Waals surface area contributed by atoms with Crippen molar-refractivity contribution in [3.63, 3.8) is 0 Å². The average molecular weight is 302 g/mol. The van der Waals surface area contributed by atoms with Crippen LogP contribution >= 0.6 is 0 Å². The third-order valence-electron chi connectivity index (χ3n) is 2.36. The highest BCUT2D eigenvalue weighted by molar-refractivity contribution is 7.92. The molecule has 0 amide bonds. The molecule has 1 unspecified atom stereocenters. The Morgan fingerprint density at radius 3 is 2.35 bits per heavy atom. The molecule has 0 spiro atoms. The van der Waals surface area contributed by atoms with Crippen molar-refractivity contribution in [2.75, 3.05) is 24.1 Å². The molecule has 114 valence electrons. The van der Waals surface area contributed by atoms with Crippen LogP contribution in [0.15, 0.2) is 24.3 Å². The van der Waals surface area contributed by atoms with E-state index in [2.05, 4.69) is 10.0 Å². The number of rotatable bonds is 8. The first-order valence-corrected chi connectivity index (χ1v) is 8.27. The van der Waals surface area contributed by atoms with Crippen LogP contribution in [0, 0.1) is 0 Å². The third kappa shape index (κ3) is 7.32. The number of anilines is 1. The van der Waals surface area contributed by atoms with Crippen molar-refractivity contribution >= 4 is 15.7 Å². The predicted molar refractivity (Wildman–Crippen MR) is 79.5 cm³/mol. The van der Waals surface area contributed by atoms with Crippen molar-refractivity contribution in [3.8, 4) is 5.75 Å². The Morgan fingerprint density at radius 2 is 1.85 bits per heavy atom. The fourth-order valence-corrected chi connectivity index (χ4v) is 2.02. The van der Waals surface area contributed by atoms with Gasteiger partial charge in [-0.3, -0.25) is 4.72 Å². The molecule has 0 heterocycles. The molecule has 1 atom stereocenters. The fraction of sp³-hybridized carbons (Fsp3) is 0.538. The van der Waals surface area contributed by atoms with Gasteiger partial charge in [0, 0.05) is 18.3 Å². The molecule has 1 aromatic rings. The van der Waals surface area contributed by atoms with Crippen LogP contribution in [-0.2, 0) is 10.0 Å². The van der Waals surface area contributed by atoms with Gasteiger partial charge in [-0.25, -0.2) is 8.42 Å². The lowest BCUT2D eigenvalue weighted by Crippen LogP contribution is -2.35. The quantitative estimate of drug-likeness (QED) is 0.661. The maximum Gasteiger partial charge on any atom is 0.229 e. The van der Waals surface area contributed by atoms with Gasteiger partial charge in [0.05, 0.1) is 6.26 Å². The second kappa shape index (κ2) is 7.47. The Kier molecular flexibility index (Phi) is 6.25. The number of benzene rings is 1. The highest BCUT2D eigenvalue weighted by Crippen LogP contribution is 2.16. The second-order valence-corrected chi connectivity index (χ2v) is 6.67. The minimum Gasteiger partial charge on any atom is -0.491 e. The molecule has 7 heteroatoms. The first kappa shape index (κ1) is 16.7. The minimum absolute atomic E-state index is 0.179. The van der Waals surface area contributed by atoms with Gasteiger partial charge >= 0.3 is 0 Å². The number of aliphatic hydroxyl groups is 1. The summed E-state index contributed by atoms with van der Waals surface area (Å²) >= 11 is 0. The zero-order valence-corrected chi connectivity index (χ0v) is 12.8. The number of hydrogen-bond donors (Lipinski definition) is 3. The molecule has 0 radical (unpaired) electrons. The first-order valence-electron chi connectivity index (χ1n) is 6.38. The molecule has 0 saturated carbocycles. The summed E-state index contributed by atoms with van der Waals surface area (Å²) in [6, 6.07) is 6.82. The zero-order valence-electron chi connectivity index (χ0n) is 12.0. The lowest BCUT2D eigenvalue weighted by atomic mass is 10.3. The van der Waals surface area contributed by atoms with E-state index in [9.17, 15) is 13.5 Å². The highest BCUT2D eigenvalue weighted by Gasteiger charge is 2.06. The molecule has 0 aliphatic heterocycles. The van der Waals surface area contributed by atoms with E-state index >= 15 is 0 Å². The third-order valence-corrected chi connectivity index (χ3v) is 2.97. The van der Waals surface area contributed by atoms with Crippen LogP contribution in [0.3, 0.4) is 0 Å². The molecule has 0 aromatic heterocycles. The molecule has 0 aliphatic rings. The summed E-state index contributed by atoms with van der Waals surface area (Å²) in [6.45, 7) is 4.64. The van der Waals surface area contributed by atoms with Crippen LogP contribution in [0.25, 0.3) is 0 Å². The van der Waals surface area contributed by atoms with Gasteiger partial charge in [-0.2, -0.15) is 0 Å². The van der Waals surface area contributed by atoms with Crippen LogP contribution in [0.1, 0.15) is 13.8 Å². The molecule has 6 nitrogen and oxygen atoms in total. The average Bonchev–Trinajstić information content (AvgIpc) is 2.33. The van der Waals surface area contributed by atoms with Crippen LogP contribution in [0.2, 0.25) is 0 Å². The standard InChI is InChI=1S/C13H22N2O4S/c1-10(2)14-8-12(16)9-19-13-6-4-11(5-7-13)15-20(3,17)18/h4-7,10,12,14-16H,8-9H2,1-3H3. The molecule has 1 aromatic carbocycles. The number of hydrogen-bond acceptors (Lipinski definition) is 5. The molecule has 0 saturated heterocycles. The maximum atomic E-state index is 11.0. The van der Waals surface area contributed by atoms with Gasteiger partial charge < -0.3 is 15.2 Å². The molecule has 1 rings (SSSR count). The normalized spacial score (nSPS) is 13.2. The zero-order chi connectivity index (χ0) is 15.2. The first-order chi connectivity index (χ1) is 9.26. The van der Waals surface area contributed by atoms with Gasteiger partial charge in [0.15, 0.2) is 0 Å². The Balaban J connectivity index is 2.42. The van der Waals surface area contributed by atoms with Crippen molar-refractivity contribution in [3.05, 3.63) is 24.3 Å². The van der Waals surface area contributed by atoms with E-state index in [4.69, 9.17) is 4.74 Å². The molecule has 3 N–H and O–H groups in total. The predicted octanol–water partition coefficient (Wildman–Crippen LogP) is 0.796. The van der Waals surface area contributed by atoms with Crippen molar-refractivity contribution in [2.45, 2.75) is 26.0 Å². The minimum atomic E-state index is -3.27. The monoisotopic (exact) mass is 302 g/mol. The highest BCUT2D eigenvalue weighted by atomic mass is 32.2. The molecular weight excluding hydrogens is 280 g/mol. The van der Waals surface area contributed by atoms with Crippen molar-refractivity contribution in [1.29, 1.82) is 0 Å². The fourth-order valence-electron chi connectivity index (χ4n) is 1.46. The largest absolute Gasteiger partial charge is 0.491 e. The summed E-state index contributed by atoms with van der Waals surface area (Å²) in [5.41, 5.74) is 0.474. The second-order valence-electron chi connectivity index (χ2n) is 4.93. The van der Waals surface area contributed by atoms with Gasteiger partial charge in [0.25, 0.3) is 0 Å². The summed E-state index contributed by atoms with van der Waals surface area (Å²) in [6.07, 6.45) is 0.501. The van der Waals surface area contributed by atoms with Crippen LogP contribution < -0.4 is 14.8 Å². The van der Waals surface area contributed by atoms with E-state index in [-0.39, 0.29) is 6.61 Å². The number of aliphatic hydroxyl groups excluding tert-OH is 1. The van der Waals surface area contributed by atoms with Crippen LogP contribution in [0.4, 0.5) is 5.69 Å². The van der Waals surface area contributed by atoms with Gasteiger partial charge in [-0.05, 0) is 24.3 Å². The van der Waals surface area contributed by atoms with Crippen molar-refractivity contribution < 1.29 is 18.3 Å². The van der Waals surface area contributed by atoms with E-state index in [1.165, 1.54) is 0 Å². The van der Waals surface area contributed by atoms with Gasteiger partial charge in [0.1, 0.15) is 18.5 Å². The van der Waals surface area contributed by atoms with Crippen molar-refractivity contribution in [2.24, 2.45) is 0 Å². The summed E-state index contributed by atoms with van der Waals surface area (Å²) in [5.74, 6) is 0.577. The van der Waals surface area contributed by atoms with Gasteiger partial charge in [0.2, 0.25) is 10.0 Å². The van der Waals surface area contributed by atoms with Crippen LogP contribution in [0.5, 0.6) is 5.75 Å². The van der Waals surface area contributed by atoms with E-state index in [0.29, 0.717) is 24.0 Å². The summed E-state index contributed by atoms with van der Waals surface area (Å²) in [7, 11) is -3.27. The summed E-state index contributed by atoms with van der Waals surface area (Å²) < 4.78 is 29.9. The Morgan fingerprint density at radius 1 is 1.25 bits per heavy atom. The summed E-state index contributed by atoms with van der Waals surface area (Å²) in [5, 5.41) is 12.8. The van der Waals surface area contributed by atoms with E-state index in [0.717, 1.165) is 6.26 Å². The topological polar surface area (TPSA) is 87.7 Å². The SMILES string of the molecule is CC(C)NCC(O)COc1ccc(NS(C)(=O)=O)cc1. The molecule has 0 fully saturated rings. The Hall–Kier alpha value is -1.31. The van der Waals surface area contributed by atoms with E-state index < -0.39 is 16.1 Å². The van der Waals surface area contributed by atoms with Gasteiger partial charge in [-0.1, -0.05) is 13.8 Å². The lowest BCUT2D eigenvalue weighted by molar-refractivity contribution is 0.104.